The minimum atomic E-state index is -0.619. The number of carbonyl (C=O) groups excluding carboxylic acids is 4. The van der Waals surface area contributed by atoms with Crippen LogP contribution in [0.15, 0.2) is 66.9 Å². The van der Waals surface area contributed by atoms with E-state index in [4.69, 9.17) is 4.74 Å². The SMILES string of the molecule is O=C(CCC(=O)c1ccc(-c2ccccc2)cc1)OCC(=O)c1c[nH]c(C(=O)N2CCCC2)c1. The number of esters is 1. The molecule has 0 radical (unpaired) electrons. The quantitative estimate of drug-likeness (QED) is 0.381. The van der Waals surface area contributed by atoms with Gasteiger partial charge in [-0.1, -0.05) is 54.6 Å². The summed E-state index contributed by atoms with van der Waals surface area (Å²) in [7, 11) is 0. The maximum Gasteiger partial charge on any atom is 0.306 e. The van der Waals surface area contributed by atoms with E-state index in [1.165, 1.54) is 12.3 Å². The fraction of sp³-hybridized carbons (Fsp3) is 0.259. The molecule has 1 aliphatic heterocycles. The van der Waals surface area contributed by atoms with Gasteiger partial charge in [0.15, 0.2) is 12.4 Å². The molecule has 0 atom stereocenters. The third-order valence-corrected chi connectivity index (χ3v) is 5.86. The van der Waals surface area contributed by atoms with Crippen molar-refractivity contribution in [1.82, 2.24) is 9.88 Å². The monoisotopic (exact) mass is 458 g/mol. The van der Waals surface area contributed by atoms with Gasteiger partial charge in [-0.25, -0.2) is 0 Å². The smallest absolute Gasteiger partial charge is 0.306 e. The van der Waals surface area contributed by atoms with Crippen LogP contribution in [-0.2, 0) is 9.53 Å². The highest BCUT2D eigenvalue weighted by Gasteiger charge is 2.22. The molecule has 4 rings (SSSR count). The molecule has 0 bridgehead atoms. The van der Waals surface area contributed by atoms with Crippen LogP contribution < -0.4 is 0 Å². The van der Waals surface area contributed by atoms with Gasteiger partial charge in [-0.15, -0.1) is 0 Å². The summed E-state index contributed by atoms with van der Waals surface area (Å²) >= 11 is 0. The Kier molecular flexibility index (Phi) is 7.32. The number of ether oxygens (including phenoxy) is 1. The molecule has 0 aliphatic carbocycles. The predicted molar refractivity (Wildman–Crippen MR) is 127 cm³/mol. The standard InChI is InChI=1S/C27H26N2O5/c30-24(21-10-8-20(9-11-21)19-6-2-1-3-7-19)12-13-26(32)34-18-25(31)22-16-23(28-17-22)27(33)29-14-4-5-15-29/h1-3,6-11,16-17,28H,4-5,12-15,18H2. The number of rotatable bonds is 9. The number of aromatic amines is 1. The molecular formula is C27H26N2O5. The van der Waals surface area contributed by atoms with Gasteiger partial charge in [0.25, 0.3) is 5.91 Å². The van der Waals surface area contributed by atoms with Crippen molar-refractivity contribution in [2.24, 2.45) is 0 Å². The lowest BCUT2D eigenvalue weighted by molar-refractivity contribution is -0.142. The normalized spacial score (nSPS) is 13.0. The number of H-pyrrole nitrogens is 1. The number of Topliss-reactive ketones (excluding diaryl/α,β-unsaturated/α-hetero) is 2. The highest BCUT2D eigenvalue weighted by atomic mass is 16.5. The van der Waals surface area contributed by atoms with E-state index in [2.05, 4.69) is 4.98 Å². The van der Waals surface area contributed by atoms with E-state index in [-0.39, 0.29) is 30.1 Å². The number of hydrogen-bond donors (Lipinski definition) is 1. The third-order valence-electron chi connectivity index (χ3n) is 5.86. The van der Waals surface area contributed by atoms with Crippen molar-refractivity contribution in [3.05, 3.63) is 83.7 Å². The van der Waals surface area contributed by atoms with Gasteiger partial charge in [-0.05, 0) is 30.0 Å². The van der Waals surface area contributed by atoms with Gasteiger partial charge in [0.1, 0.15) is 5.69 Å². The van der Waals surface area contributed by atoms with Crippen molar-refractivity contribution < 1.29 is 23.9 Å². The number of ketones is 2. The van der Waals surface area contributed by atoms with E-state index in [1.807, 2.05) is 42.5 Å². The molecule has 1 amide bonds. The molecule has 0 saturated carbocycles. The lowest BCUT2D eigenvalue weighted by Crippen LogP contribution is -2.27. The van der Waals surface area contributed by atoms with Crippen molar-refractivity contribution >= 4 is 23.4 Å². The first-order valence-electron chi connectivity index (χ1n) is 11.4. The van der Waals surface area contributed by atoms with E-state index >= 15 is 0 Å². The van der Waals surface area contributed by atoms with Crippen molar-refractivity contribution in [1.29, 1.82) is 0 Å². The fourth-order valence-electron chi connectivity index (χ4n) is 3.91. The van der Waals surface area contributed by atoms with Gasteiger partial charge in [0.2, 0.25) is 5.78 Å². The summed E-state index contributed by atoms with van der Waals surface area (Å²) in [6.45, 7) is 0.997. The molecule has 2 heterocycles. The first-order chi connectivity index (χ1) is 16.5. The topological polar surface area (TPSA) is 96.5 Å². The Balaban J connectivity index is 1.22. The summed E-state index contributed by atoms with van der Waals surface area (Å²) in [6, 6.07) is 18.6. The summed E-state index contributed by atoms with van der Waals surface area (Å²) in [6.07, 6.45) is 3.29. The maximum atomic E-state index is 12.4. The van der Waals surface area contributed by atoms with E-state index in [9.17, 15) is 19.2 Å². The molecule has 1 aliphatic rings. The predicted octanol–water partition coefficient (Wildman–Crippen LogP) is 4.31. The Labute approximate surface area is 197 Å². The van der Waals surface area contributed by atoms with Crippen molar-refractivity contribution in [3.63, 3.8) is 0 Å². The van der Waals surface area contributed by atoms with Crippen LogP contribution in [0.4, 0.5) is 0 Å². The molecule has 1 saturated heterocycles. The first kappa shape index (κ1) is 23.2. The zero-order chi connectivity index (χ0) is 23.9. The fourth-order valence-corrected chi connectivity index (χ4v) is 3.91. The molecule has 1 aromatic heterocycles. The largest absolute Gasteiger partial charge is 0.457 e. The van der Waals surface area contributed by atoms with Crippen LogP contribution in [0.2, 0.25) is 0 Å². The second kappa shape index (κ2) is 10.7. The van der Waals surface area contributed by atoms with E-state index in [1.54, 1.807) is 17.0 Å². The number of carbonyl (C=O) groups is 4. The second-order valence-corrected chi connectivity index (χ2v) is 8.25. The van der Waals surface area contributed by atoms with E-state index in [0.717, 1.165) is 24.0 Å². The number of likely N-dealkylation sites (tertiary alicyclic amines) is 1. The van der Waals surface area contributed by atoms with Gasteiger partial charge in [0.05, 0.1) is 6.42 Å². The summed E-state index contributed by atoms with van der Waals surface area (Å²) in [4.78, 5) is 53.7. The van der Waals surface area contributed by atoms with Crippen LogP contribution in [0.5, 0.6) is 0 Å². The van der Waals surface area contributed by atoms with Gasteiger partial charge >= 0.3 is 5.97 Å². The summed E-state index contributed by atoms with van der Waals surface area (Å²) < 4.78 is 5.04. The zero-order valence-corrected chi connectivity index (χ0v) is 18.8. The molecule has 1 fully saturated rings. The number of nitrogens with zero attached hydrogens (tertiary/aromatic N) is 1. The zero-order valence-electron chi connectivity index (χ0n) is 18.8. The Morgan fingerprint density at radius 3 is 2.18 bits per heavy atom. The average molecular weight is 459 g/mol. The molecule has 1 N–H and O–H groups in total. The van der Waals surface area contributed by atoms with Gasteiger partial charge < -0.3 is 14.6 Å². The summed E-state index contributed by atoms with van der Waals surface area (Å²) in [5, 5.41) is 0. The van der Waals surface area contributed by atoms with Gasteiger partial charge in [-0.3, -0.25) is 19.2 Å². The minimum Gasteiger partial charge on any atom is -0.457 e. The Morgan fingerprint density at radius 2 is 1.47 bits per heavy atom. The average Bonchev–Trinajstić information content (AvgIpc) is 3.59. The van der Waals surface area contributed by atoms with Crippen LogP contribution in [0.3, 0.4) is 0 Å². The molecule has 174 valence electrons. The van der Waals surface area contributed by atoms with Crippen molar-refractivity contribution in [3.8, 4) is 11.1 Å². The number of benzene rings is 2. The second-order valence-electron chi connectivity index (χ2n) is 8.25. The van der Waals surface area contributed by atoms with Crippen molar-refractivity contribution in [2.75, 3.05) is 19.7 Å². The first-order valence-corrected chi connectivity index (χ1v) is 11.4. The lowest BCUT2D eigenvalue weighted by atomic mass is 10.0. The van der Waals surface area contributed by atoms with Crippen molar-refractivity contribution in [2.45, 2.75) is 25.7 Å². The van der Waals surface area contributed by atoms with Gasteiger partial charge in [-0.2, -0.15) is 0 Å². The molecule has 7 nitrogen and oxygen atoms in total. The third kappa shape index (κ3) is 5.67. The highest BCUT2D eigenvalue weighted by molar-refractivity contribution is 6.01. The number of nitrogens with one attached hydrogen (secondary N) is 1. The Morgan fingerprint density at radius 1 is 0.794 bits per heavy atom. The molecule has 34 heavy (non-hydrogen) atoms. The van der Waals surface area contributed by atoms with Crippen LogP contribution in [-0.4, -0.2) is 53.0 Å². The molecule has 0 unspecified atom stereocenters. The number of amides is 1. The molecule has 2 aromatic carbocycles. The Bertz CT molecular complexity index is 1180. The maximum absolute atomic E-state index is 12.4. The van der Waals surface area contributed by atoms with Crippen LogP contribution in [0.1, 0.15) is 56.9 Å². The van der Waals surface area contributed by atoms with E-state index < -0.39 is 18.4 Å². The minimum absolute atomic E-state index is 0.00362. The number of hydrogen-bond acceptors (Lipinski definition) is 5. The molecular weight excluding hydrogens is 432 g/mol. The van der Waals surface area contributed by atoms with Gasteiger partial charge in [0, 0.05) is 36.8 Å². The van der Waals surface area contributed by atoms with E-state index in [0.29, 0.717) is 24.3 Å². The Hall–Kier alpha value is -4.00. The van der Waals surface area contributed by atoms with Crippen LogP contribution in [0.25, 0.3) is 11.1 Å². The van der Waals surface area contributed by atoms with Crippen LogP contribution in [0, 0.1) is 0 Å². The molecule has 3 aromatic rings. The van der Waals surface area contributed by atoms with Crippen LogP contribution >= 0.6 is 0 Å². The lowest BCUT2D eigenvalue weighted by Gasteiger charge is -2.13. The highest BCUT2D eigenvalue weighted by Crippen LogP contribution is 2.20. The molecule has 0 spiro atoms. The number of aromatic nitrogens is 1. The molecule has 7 heteroatoms. The summed E-state index contributed by atoms with van der Waals surface area (Å²) in [5.41, 5.74) is 3.21. The summed E-state index contributed by atoms with van der Waals surface area (Å²) in [5.74, 6) is -1.33.